The van der Waals surface area contributed by atoms with Gasteiger partial charge in [-0.15, -0.1) is 5.10 Å². The van der Waals surface area contributed by atoms with E-state index in [2.05, 4.69) is 45.9 Å². The fraction of sp³-hybridized carbons (Fsp3) is 0.500. The second kappa shape index (κ2) is 5.09. The molecule has 0 aliphatic heterocycles. The van der Waals surface area contributed by atoms with Crippen molar-refractivity contribution in [2.75, 3.05) is 6.54 Å². The molecule has 5 nitrogen and oxygen atoms in total. The molecule has 0 saturated heterocycles. The minimum Gasteiger partial charge on any atom is -0.329 e. The zero-order chi connectivity index (χ0) is 13.1. The molecule has 3 rings (SSSR count). The molecule has 0 spiro atoms. The van der Waals surface area contributed by atoms with E-state index in [1.807, 2.05) is 4.68 Å². The summed E-state index contributed by atoms with van der Waals surface area (Å²) in [6, 6.07) is 10.6. The smallest absolute Gasteiger partial charge is 0.161 e. The maximum atomic E-state index is 5.65. The summed E-state index contributed by atoms with van der Waals surface area (Å²) in [4.78, 5) is 0. The first kappa shape index (κ1) is 12.3. The Morgan fingerprint density at radius 2 is 1.89 bits per heavy atom. The van der Waals surface area contributed by atoms with Crippen LogP contribution in [0.25, 0.3) is 0 Å². The molecule has 100 valence electrons. The molecular weight excluding hydrogens is 238 g/mol. The molecule has 0 unspecified atom stereocenters. The Bertz CT molecular complexity index is 528. The zero-order valence-electron chi connectivity index (χ0n) is 11.0. The van der Waals surface area contributed by atoms with Gasteiger partial charge in [-0.1, -0.05) is 43.2 Å². The Balaban J connectivity index is 2.08. The van der Waals surface area contributed by atoms with Gasteiger partial charge < -0.3 is 5.73 Å². The van der Waals surface area contributed by atoms with Crippen LogP contribution in [-0.4, -0.2) is 26.8 Å². The third-order valence-electron chi connectivity index (χ3n) is 4.08. The minimum atomic E-state index is -0.0278. The van der Waals surface area contributed by atoms with E-state index in [9.17, 15) is 0 Å². The van der Waals surface area contributed by atoms with Crippen LogP contribution in [0.5, 0.6) is 0 Å². The molecule has 0 bridgehead atoms. The second-order valence-electron chi connectivity index (χ2n) is 5.17. The fourth-order valence-corrected chi connectivity index (χ4v) is 3.20. The van der Waals surface area contributed by atoms with Gasteiger partial charge in [-0.05, 0) is 28.8 Å². The van der Waals surface area contributed by atoms with Crippen LogP contribution < -0.4 is 5.73 Å². The van der Waals surface area contributed by atoms with E-state index in [4.69, 9.17) is 5.73 Å². The van der Waals surface area contributed by atoms with Crippen molar-refractivity contribution in [3.63, 3.8) is 0 Å². The lowest BCUT2D eigenvalue weighted by Gasteiger charge is -2.28. The molecule has 1 saturated carbocycles. The van der Waals surface area contributed by atoms with Crippen molar-refractivity contribution in [1.29, 1.82) is 0 Å². The molecule has 5 heteroatoms. The van der Waals surface area contributed by atoms with Crippen molar-refractivity contribution in [2.45, 2.75) is 37.6 Å². The fourth-order valence-electron chi connectivity index (χ4n) is 3.20. The van der Waals surface area contributed by atoms with Crippen molar-refractivity contribution in [3.8, 4) is 0 Å². The number of tetrazole rings is 1. The predicted octanol–water partition coefficient (Wildman–Crippen LogP) is 1.49. The van der Waals surface area contributed by atoms with Gasteiger partial charge in [-0.3, -0.25) is 0 Å². The van der Waals surface area contributed by atoms with Gasteiger partial charge >= 0.3 is 0 Å². The van der Waals surface area contributed by atoms with E-state index in [0.29, 0.717) is 13.1 Å². The molecule has 1 aromatic heterocycles. The van der Waals surface area contributed by atoms with E-state index in [0.717, 1.165) is 18.7 Å². The van der Waals surface area contributed by atoms with Crippen LogP contribution in [0.1, 0.15) is 37.1 Å². The molecule has 19 heavy (non-hydrogen) atoms. The lowest BCUT2D eigenvalue weighted by molar-refractivity contribution is 0.448. The van der Waals surface area contributed by atoms with Gasteiger partial charge in [0.05, 0.1) is 12.0 Å². The Labute approximate surface area is 112 Å². The number of nitrogens with two attached hydrogens (primary N) is 1. The highest BCUT2D eigenvalue weighted by Gasteiger charge is 2.41. The van der Waals surface area contributed by atoms with Crippen molar-refractivity contribution in [1.82, 2.24) is 20.2 Å². The molecule has 1 aliphatic carbocycles. The van der Waals surface area contributed by atoms with E-state index in [1.165, 1.54) is 18.4 Å². The van der Waals surface area contributed by atoms with Gasteiger partial charge in [-0.2, -0.15) is 0 Å². The molecule has 1 aromatic carbocycles. The van der Waals surface area contributed by atoms with E-state index in [1.54, 1.807) is 0 Å². The standard InChI is InChI=1S/C14H19N5/c15-10-11-19-13(16-17-18-19)14(8-4-5-9-14)12-6-2-1-3-7-12/h1-3,6-7H,4-5,8-11,15H2. The van der Waals surface area contributed by atoms with Crippen molar-refractivity contribution < 1.29 is 0 Å². The van der Waals surface area contributed by atoms with E-state index < -0.39 is 0 Å². The number of rotatable bonds is 4. The number of benzene rings is 1. The lowest BCUT2D eigenvalue weighted by atomic mass is 9.78. The van der Waals surface area contributed by atoms with Crippen molar-refractivity contribution in [2.24, 2.45) is 5.73 Å². The van der Waals surface area contributed by atoms with Crippen LogP contribution in [0.2, 0.25) is 0 Å². The summed E-state index contributed by atoms with van der Waals surface area (Å²) in [5, 5.41) is 12.3. The van der Waals surface area contributed by atoms with Gasteiger partial charge in [-0.25, -0.2) is 4.68 Å². The average Bonchev–Trinajstić information content (AvgIpc) is 3.09. The first-order valence-corrected chi connectivity index (χ1v) is 6.89. The number of nitrogens with zero attached hydrogens (tertiary/aromatic N) is 4. The molecule has 1 aliphatic rings. The topological polar surface area (TPSA) is 69.6 Å². The zero-order valence-corrected chi connectivity index (χ0v) is 11.0. The number of aromatic nitrogens is 4. The molecule has 0 amide bonds. The summed E-state index contributed by atoms with van der Waals surface area (Å²) < 4.78 is 1.87. The summed E-state index contributed by atoms with van der Waals surface area (Å²) >= 11 is 0. The van der Waals surface area contributed by atoms with Crippen LogP contribution in [0.3, 0.4) is 0 Å². The molecule has 1 heterocycles. The molecule has 0 atom stereocenters. The monoisotopic (exact) mass is 257 g/mol. The number of hydrogen-bond donors (Lipinski definition) is 1. The van der Waals surface area contributed by atoms with E-state index in [-0.39, 0.29) is 5.41 Å². The van der Waals surface area contributed by atoms with Gasteiger partial charge in [0.1, 0.15) is 0 Å². The minimum absolute atomic E-state index is 0.0278. The highest BCUT2D eigenvalue weighted by atomic mass is 15.5. The Kier molecular flexibility index (Phi) is 3.29. The van der Waals surface area contributed by atoms with Crippen LogP contribution in [0.15, 0.2) is 30.3 Å². The largest absolute Gasteiger partial charge is 0.329 e. The normalized spacial score (nSPS) is 17.7. The SMILES string of the molecule is NCCn1nnnc1C1(c2ccccc2)CCCC1. The Morgan fingerprint density at radius 3 is 2.58 bits per heavy atom. The number of hydrogen-bond acceptors (Lipinski definition) is 4. The van der Waals surface area contributed by atoms with Crippen molar-refractivity contribution >= 4 is 0 Å². The van der Waals surface area contributed by atoms with Gasteiger partial charge in [0.2, 0.25) is 0 Å². The summed E-state index contributed by atoms with van der Waals surface area (Å²) in [6.07, 6.45) is 4.68. The van der Waals surface area contributed by atoms with Gasteiger partial charge in [0.15, 0.2) is 5.82 Å². The summed E-state index contributed by atoms with van der Waals surface area (Å²) in [7, 11) is 0. The molecular formula is C14H19N5. The predicted molar refractivity (Wildman–Crippen MR) is 72.6 cm³/mol. The quantitative estimate of drug-likeness (QED) is 0.901. The third-order valence-corrected chi connectivity index (χ3v) is 4.08. The second-order valence-corrected chi connectivity index (χ2v) is 5.17. The Morgan fingerprint density at radius 1 is 1.16 bits per heavy atom. The summed E-state index contributed by atoms with van der Waals surface area (Å²) in [5.41, 5.74) is 6.94. The highest BCUT2D eigenvalue weighted by molar-refractivity contribution is 5.33. The maximum absolute atomic E-state index is 5.65. The van der Waals surface area contributed by atoms with Gasteiger partial charge in [0, 0.05) is 6.54 Å². The first-order valence-electron chi connectivity index (χ1n) is 6.89. The highest BCUT2D eigenvalue weighted by Crippen LogP contribution is 2.45. The van der Waals surface area contributed by atoms with Gasteiger partial charge in [0.25, 0.3) is 0 Å². The van der Waals surface area contributed by atoms with Crippen LogP contribution in [0.4, 0.5) is 0 Å². The maximum Gasteiger partial charge on any atom is 0.161 e. The van der Waals surface area contributed by atoms with Crippen LogP contribution in [0, 0.1) is 0 Å². The van der Waals surface area contributed by atoms with Crippen LogP contribution >= 0.6 is 0 Å². The van der Waals surface area contributed by atoms with Crippen molar-refractivity contribution in [3.05, 3.63) is 41.7 Å². The molecule has 2 N–H and O–H groups in total. The summed E-state index contributed by atoms with van der Waals surface area (Å²) in [5.74, 6) is 0.974. The third kappa shape index (κ3) is 2.04. The molecule has 1 fully saturated rings. The Hall–Kier alpha value is -1.75. The lowest BCUT2D eigenvalue weighted by Crippen LogP contribution is -2.30. The molecule has 0 radical (unpaired) electrons. The summed E-state index contributed by atoms with van der Waals surface area (Å²) in [6.45, 7) is 1.24. The average molecular weight is 257 g/mol. The first-order chi connectivity index (χ1) is 9.37. The van der Waals surface area contributed by atoms with E-state index >= 15 is 0 Å². The molecule has 2 aromatic rings. The van der Waals surface area contributed by atoms with Crippen LogP contribution in [-0.2, 0) is 12.0 Å².